The number of thiazole rings is 1. The van der Waals surface area contributed by atoms with Gasteiger partial charge >= 0.3 is 0 Å². The van der Waals surface area contributed by atoms with Crippen molar-refractivity contribution in [2.45, 2.75) is 26.3 Å². The molecule has 0 radical (unpaired) electrons. The number of aromatic nitrogens is 1. The molecule has 4 heteroatoms. The molecule has 0 aliphatic carbocycles. The molecule has 0 amide bonds. The molecular weight excluding hydrogens is 220 g/mol. The zero-order valence-electron chi connectivity index (χ0n) is 10.1. The second-order valence-corrected chi connectivity index (χ2v) is 5.58. The molecule has 0 aromatic carbocycles. The van der Waals surface area contributed by atoms with Crippen LogP contribution in [0.1, 0.15) is 23.5 Å². The first-order valence-electron chi connectivity index (χ1n) is 5.91. The van der Waals surface area contributed by atoms with Crippen molar-refractivity contribution in [1.82, 2.24) is 9.88 Å². The van der Waals surface area contributed by atoms with E-state index >= 15 is 0 Å². The molecule has 90 valence electrons. The second-order valence-electron chi connectivity index (χ2n) is 4.64. The van der Waals surface area contributed by atoms with Crippen molar-refractivity contribution in [3.05, 3.63) is 16.1 Å². The Kier molecular flexibility index (Phi) is 4.32. The zero-order valence-corrected chi connectivity index (χ0v) is 10.9. The largest absolute Gasteiger partial charge is 0.381 e. The SMILES string of the molecule is Cc1csc(CN(C)CCC2CCOC2)n1. The van der Waals surface area contributed by atoms with Gasteiger partial charge < -0.3 is 4.74 Å². The van der Waals surface area contributed by atoms with Gasteiger partial charge in [-0.15, -0.1) is 11.3 Å². The van der Waals surface area contributed by atoms with E-state index in [4.69, 9.17) is 4.74 Å². The molecule has 1 aliphatic rings. The molecule has 0 saturated carbocycles. The Balaban J connectivity index is 1.69. The maximum Gasteiger partial charge on any atom is 0.107 e. The van der Waals surface area contributed by atoms with Gasteiger partial charge in [-0.25, -0.2) is 4.98 Å². The average Bonchev–Trinajstić information content (AvgIpc) is 2.87. The van der Waals surface area contributed by atoms with Crippen LogP contribution in [-0.4, -0.2) is 36.7 Å². The van der Waals surface area contributed by atoms with Crippen LogP contribution >= 0.6 is 11.3 Å². The third-order valence-corrected chi connectivity index (χ3v) is 3.97. The maximum atomic E-state index is 5.38. The standard InChI is InChI=1S/C12H20N2OS/c1-10-9-16-12(13-10)7-14(2)5-3-11-4-6-15-8-11/h9,11H,3-8H2,1-2H3. The molecule has 1 aromatic rings. The minimum atomic E-state index is 0.778. The highest BCUT2D eigenvalue weighted by Crippen LogP contribution is 2.17. The van der Waals surface area contributed by atoms with Gasteiger partial charge in [0, 0.05) is 24.3 Å². The Morgan fingerprint density at radius 2 is 2.50 bits per heavy atom. The summed E-state index contributed by atoms with van der Waals surface area (Å²) >= 11 is 1.76. The van der Waals surface area contributed by atoms with Crippen LogP contribution in [0.25, 0.3) is 0 Å². The summed E-state index contributed by atoms with van der Waals surface area (Å²) in [6.45, 7) is 6.10. The van der Waals surface area contributed by atoms with E-state index in [2.05, 4.69) is 29.2 Å². The number of hydrogen-bond donors (Lipinski definition) is 0. The first-order valence-corrected chi connectivity index (χ1v) is 6.79. The van der Waals surface area contributed by atoms with Gasteiger partial charge in [0.25, 0.3) is 0 Å². The Labute approximate surface area is 101 Å². The molecule has 1 aliphatic heterocycles. The van der Waals surface area contributed by atoms with Crippen LogP contribution in [0.5, 0.6) is 0 Å². The van der Waals surface area contributed by atoms with Crippen LogP contribution in [0, 0.1) is 12.8 Å². The van der Waals surface area contributed by atoms with Gasteiger partial charge in [0.05, 0.1) is 6.54 Å². The zero-order chi connectivity index (χ0) is 11.4. The van der Waals surface area contributed by atoms with Crippen molar-refractivity contribution in [3.63, 3.8) is 0 Å². The van der Waals surface area contributed by atoms with Crippen LogP contribution in [0.15, 0.2) is 5.38 Å². The lowest BCUT2D eigenvalue weighted by molar-refractivity contribution is 0.180. The van der Waals surface area contributed by atoms with E-state index in [1.807, 2.05) is 0 Å². The number of hydrogen-bond acceptors (Lipinski definition) is 4. The van der Waals surface area contributed by atoms with E-state index < -0.39 is 0 Å². The fourth-order valence-electron chi connectivity index (χ4n) is 2.00. The molecule has 1 saturated heterocycles. The van der Waals surface area contributed by atoms with Crippen molar-refractivity contribution in [2.24, 2.45) is 5.92 Å². The quantitative estimate of drug-likeness (QED) is 0.789. The van der Waals surface area contributed by atoms with Crippen molar-refractivity contribution < 1.29 is 4.74 Å². The first-order chi connectivity index (χ1) is 7.74. The predicted molar refractivity (Wildman–Crippen MR) is 66.7 cm³/mol. The molecule has 0 spiro atoms. The minimum absolute atomic E-state index is 0.778. The van der Waals surface area contributed by atoms with E-state index in [1.54, 1.807) is 11.3 Å². The summed E-state index contributed by atoms with van der Waals surface area (Å²) in [4.78, 5) is 6.84. The molecule has 2 rings (SSSR count). The summed E-state index contributed by atoms with van der Waals surface area (Å²) in [5, 5.41) is 3.34. The highest BCUT2D eigenvalue weighted by atomic mass is 32.1. The third kappa shape index (κ3) is 3.54. The highest BCUT2D eigenvalue weighted by molar-refractivity contribution is 7.09. The molecule has 1 fully saturated rings. The summed E-state index contributed by atoms with van der Waals surface area (Å²) in [6, 6.07) is 0. The van der Waals surface area contributed by atoms with E-state index in [1.165, 1.54) is 17.8 Å². The average molecular weight is 240 g/mol. The topological polar surface area (TPSA) is 25.4 Å². The van der Waals surface area contributed by atoms with Gasteiger partial charge in [-0.05, 0) is 39.3 Å². The molecule has 2 heterocycles. The smallest absolute Gasteiger partial charge is 0.107 e. The number of aryl methyl sites for hydroxylation is 1. The van der Waals surface area contributed by atoms with E-state index in [-0.39, 0.29) is 0 Å². The van der Waals surface area contributed by atoms with E-state index in [9.17, 15) is 0 Å². The van der Waals surface area contributed by atoms with Gasteiger partial charge in [0.2, 0.25) is 0 Å². The summed E-state index contributed by atoms with van der Waals surface area (Å²) in [6.07, 6.45) is 2.49. The lowest BCUT2D eigenvalue weighted by Gasteiger charge is -2.16. The van der Waals surface area contributed by atoms with Crippen LogP contribution in [-0.2, 0) is 11.3 Å². The Hall–Kier alpha value is -0.450. The lowest BCUT2D eigenvalue weighted by Crippen LogP contribution is -2.21. The van der Waals surface area contributed by atoms with Crippen molar-refractivity contribution in [1.29, 1.82) is 0 Å². The summed E-state index contributed by atoms with van der Waals surface area (Å²) in [5.41, 5.74) is 1.14. The highest BCUT2D eigenvalue weighted by Gasteiger charge is 2.16. The molecule has 3 nitrogen and oxygen atoms in total. The van der Waals surface area contributed by atoms with Gasteiger partial charge in [-0.2, -0.15) is 0 Å². The summed E-state index contributed by atoms with van der Waals surface area (Å²) < 4.78 is 5.38. The Morgan fingerprint density at radius 3 is 3.12 bits per heavy atom. The molecule has 0 N–H and O–H groups in total. The molecule has 1 unspecified atom stereocenters. The number of rotatable bonds is 5. The Bertz CT molecular complexity index is 321. The van der Waals surface area contributed by atoms with Crippen molar-refractivity contribution in [3.8, 4) is 0 Å². The molecule has 1 atom stereocenters. The van der Waals surface area contributed by atoms with Crippen LogP contribution in [0.3, 0.4) is 0 Å². The van der Waals surface area contributed by atoms with Crippen molar-refractivity contribution in [2.75, 3.05) is 26.8 Å². The number of ether oxygens (including phenoxy) is 1. The fraction of sp³-hybridized carbons (Fsp3) is 0.750. The van der Waals surface area contributed by atoms with Crippen LogP contribution < -0.4 is 0 Å². The van der Waals surface area contributed by atoms with Gasteiger partial charge in [-0.3, -0.25) is 4.90 Å². The van der Waals surface area contributed by atoms with Gasteiger partial charge in [0.1, 0.15) is 5.01 Å². The molecule has 0 bridgehead atoms. The Morgan fingerprint density at radius 1 is 1.62 bits per heavy atom. The molecule has 16 heavy (non-hydrogen) atoms. The number of nitrogens with zero attached hydrogens (tertiary/aromatic N) is 2. The summed E-state index contributed by atoms with van der Waals surface area (Å²) in [7, 11) is 2.17. The van der Waals surface area contributed by atoms with Crippen LogP contribution in [0.4, 0.5) is 0 Å². The summed E-state index contributed by atoms with van der Waals surface area (Å²) in [5.74, 6) is 0.778. The van der Waals surface area contributed by atoms with Gasteiger partial charge in [-0.1, -0.05) is 0 Å². The minimum Gasteiger partial charge on any atom is -0.381 e. The van der Waals surface area contributed by atoms with E-state index in [0.717, 1.165) is 37.9 Å². The monoisotopic (exact) mass is 240 g/mol. The fourth-order valence-corrected chi connectivity index (χ4v) is 2.85. The lowest BCUT2D eigenvalue weighted by atomic mass is 10.1. The normalized spacial score (nSPS) is 20.8. The maximum absolute atomic E-state index is 5.38. The van der Waals surface area contributed by atoms with Crippen LogP contribution in [0.2, 0.25) is 0 Å². The molecular formula is C12H20N2OS. The van der Waals surface area contributed by atoms with Gasteiger partial charge in [0.15, 0.2) is 0 Å². The predicted octanol–water partition coefficient (Wildman–Crippen LogP) is 2.31. The second kappa shape index (κ2) is 5.75. The van der Waals surface area contributed by atoms with Crippen molar-refractivity contribution >= 4 is 11.3 Å². The molecule has 1 aromatic heterocycles. The first kappa shape index (κ1) is 12.0. The third-order valence-electron chi connectivity index (χ3n) is 3.01. The van der Waals surface area contributed by atoms with E-state index in [0.29, 0.717) is 0 Å².